The first-order chi connectivity index (χ1) is 34.2. The van der Waals surface area contributed by atoms with E-state index in [2.05, 4.69) is 220 Å². The number of para-hydroxylation sites is 1. The van der Waals surface area contributed by atoms with E-state index in [1.165, 1.54) is 111 Å². The molecule has 354 valence electrons. The van der Waals surface area contributed by atoms with Crippen LogP contribution >= 0.6 is 0 Å². The van der Waals surface area contributed by atoms with Crippen LogP contribution in [0.5, 0.6) is 0 Å². The molecule has 4 aliphatic rings. The molecule has 11 aromatic rings. The van der Waals surface area contributed by atoms with Crippen molar-refractivity contribution in [2.45, 2.75) is 123 Å². The van der Waals surface area contributed by atoms with Crippen molar-refractivity contribution in [2.24, 2.45) is 0 Å². The van der Waals surface area contributed by atoms with Gasteiger partial charge in [0.05, 0.1) is 11.0 Å². The molecule has 0 unspecified atom stereocenters. The molecule has 0 atom stereocenters. The normalized spacial score (nSPS) is 17.1. The quantitative estimate of drug-likeness (QED) is 0.154. The highest BCUT2D eigenvalue weighted by molar-refractivity contribution is 6.94. The van der Waals surface area contributed by atoms with Gasteiger partial charge in [0.1, 0.15) is 22.3 Å². The van der Waals surface area contributed by atoms with E-state index in [-0.39, 0.29) is 33.9 Å². The molecule has 4 nitrogen and oxygen atoms in total. The van der Waals surface area contributed by atoms with Gasteiger partial charge in [-0.3, -0.25) is 0 Å². The molecule has 3 aromatic heterocycles. The fraction of sp³-hybridized carbons (Fsp3) is 0.284. The van der Waals surface area contributed by atoms with E-state index in [9.17, 15) is 0 Å². The summed E-state index contributed by atoms with van der Waals surface area (Å²) in [5.41, 5.74) is 25.8. The maximum Gasteiger partial charge on any atom is 0.333 e. The predicted molar refractivity (Wildman–Crippen MR) is 305 cm³/mol. The molecule has 0 amide bonds. The van der Waals surface area contributed by atoms with E-state index in [4.69, 9.17) is 8.83 Å². The first-order valence-electron chi connectivity index (χ1n) is 26.4. The Labute approximate surface area is 422 Å². The van der Waals surface area contributed by atoms with Gasteiger partial charge in [0.2, 0.25) is 0 Å². The average Bonchev–Trinajstić information content (AvgIpc) is 4.06. The second-order valence-corrected chi connectivity index (χ2v) is 26.0. The Morgan fingerprint density at radius 2 is 1.11 bits per heavy atom. The number of anilines is 2. The molecule has 5 heteroatoms. The van der Waals surface area contributed by atoms with Crippen molar-refractivity contribution in [1.82, 2.24) is 4.57 Å². The van der Waals surface area contributed by atoms with E-state index in [0.717, 1.165) is 51.6 Å². The molecule has 0 spiro atoms. The molecule has 5 heterocycles. The van der Waals surface area contributed by atoms with Gasteiger partial charge >= 0.3 is 6.85 Å². The Hall–Kier alpha value is -6.98. The Kier molecular flexibility index (Phi) is 7.91. The summed E-state index contributed by atoms with van der Waals surface area (Å²) < 4.78 is 16.7. The van der Waals surface area contributed by atoms with E-state index in [1.54, 1.807) is 0 Å². The zero-order valence-electron chi connectivity index (χ0n) is 43.8. The SMILES string of the molecule is CC(C)(C)c1ccc(N2B3c4cc5c(cc4-n4c6ccc(C(C)(C)C)cc6c6c7c(c(c3c64)-c3cc4c(cc32)oc2cc3c(cc24)C(C)(C)CCC3(C)C)C(C)(C)c2ccccc2-7)oc2ccccc25)cc1. The molecule has 0 saturated heterocycles. The lowest BCUT2D eigenvalue weighted by Gasteiger charge is -2.43. The molecule has 0 fully saturated rings. The number of aromatic nitrogens is 1. The lowest BCUT2D eigenvalue weighted by molar-refractivity contribution is 0.332. The van der Waals surface area contributed by atoms with Gasteiger partial charge in [-0.2, -0.15) is 0 Å². The summed E-state index contributed by atoms with van der Waals surface area (Å²) in [6.45, 7) is 28.4. The summed E-state index contributed by atoms with van der Waals surface area (Å²) in [5.74, 6) is 0. The van der Waals surface area contributed by atoms with Crippen molar-refractivity contribution in [3.8, 4) is 27.9 Å². The predicted octanol–water partition coefficient (Wildman–Crippen LogP) is 17.1. The minimum atomic E-state index is -0.312. The van der Waals surface area contributed by atoms with Gasteiger partial charge in [0.25, 0.3) is 0 Å². The maximum absolute atomic E-state index is 7.22. The van der Waals surface area contributed by atoms with Crippen LogP contribution in [-0.4, -0.2) is 11.4 Å². The number of nitrogens with zero attached hydrogens (tertiary/aromatic N) is 2. The highest BCUT2D eigenvalue weighted by Crippen LogP contribution is 2.60. The lowest BCUT2D eigenvalue weighted by Crippen LogP contribution is -2.61. The number of benzene rings is 8. The highest BCUT2D eigenvalue weighted by Gasteiger charge is 2.51. The van der Waals surface area contributed by atoms with Crippen LogP contribution in [0.15, 0.2) is 136 Å². The van der Waals surface area contributed by atoms with Crippen molar-refractivity contribution in [2.75, 3.05) is 4.81 Å². The van der Waals surface area contributed by atoms with Crippen LogP contribution in [0.3, 0.4) is 0 Å². The largest absolute Gasteiger partial charge is 0.456 e. The Morgan fingerprint density at radius 1 is 0.500 bits per heavy atom. The molecule has 15 rings (SSSR count). The summed E-state index contributed by atoms with van der Waals surface area (Å²) >= 11 is 0. The molecule has 0 radical (unpaired) electrons. The van der Waals surface area contributed by atoms with Crippen LogP contribution in [0, 0.1) is 0 Å². The zero-order valence-corrected chi connectivity index (χ0v) is 43.8. The Balaban J connectivity index is 1.17. The topological polar surface area (TPSA) is 34.5 Å². The smallest absolute Gasteiger partial charge is 0.333 e. The molecule has 0 bridgehead atoms. The molecule has 0 saturated carbocycles. The number of hydrogen-bond acceptors (Lipinski definition) is 3. The van der Waals surface area contributed by atoms with E-state index < -0.39 is 0 Å². The molecule has 8 aromatic carbocycles. The summed E-state index contributed by atoms with van der Waals surface area (Å²) in [5, 5.41) is 7.32. The van der Waals surface area contributed by atoms with Crippen LogP contribution < -0.4 is 15.7 Å². The second-order valence-electron chi connectivity index (χ2n) is 26.0. The van der Waals surface area contributed by atoms with Crippen molar-refractivity contribution in [1.29, 1.82) is 0 Å². The monoisotopic (exact) mass is 936 g/mol. The van der Waals surface area contributed by atoms with Crippen LogP contribution in [0.1, 0.15) is 129 Å². The van der Waals surface area contributed by atoms with E-state index in [0.29, 0.717) is 0 Å². The van der Waals surface area contributed by atoms with Gasteiger partial charge in [-0.15, -0.1) is 0 Å². The average molecular weight is 937 g/mol. The second kappa shape index (κ2) is 13.3. The van der Waals surface area contributed by atoms with Crippen molar-refractivity contribution in [3.05, 3.63) is 161 Å². The van der Waals surface area contributed by atoms with Crippen LogP contribution in [0.25, 0.3) is 93.6 Å². The number of fused-ring (bicyclic) bond motifs is 20. The number of hydrogen-bond donors (Lipinski definition) is 0. The molecule has 72 heavy (non-hydrogen) atoms. The van der Waals surface area contributed by atoms with E-state index >= 15 is 0 Å². The summed E-state index contributed by atoms with van der Waals surface area (Å²) in [6.07, 6.45) is 2.31. The fourth-order valence-corrected chi connectivity index (χ4v) is 14.3. The third-order valence-electron chi connectivity index (χ3n) is 18.3. The molecular weight excluding hydrogens is 876 g/mol. The number of furan rings is 2. The third-order valence-corrected chi connectivity index (χ3v) is 18.3. The third kappa shape index (κ3) is 5.34. The van der Waals surface area contributed by atoms with Crippen LogP contribution in [-0.2, 0) is 27.1 Å². The van der Waals surface area contributed by atoms with Crippen molar-refractivity contribution >= 4 is 94.8 Å². The minimum absolute atomic E-state index is 0.000788. The maximum atomic E-state index is 7.22. The van der Waals surface area contributed by atoms with Gasteiger partial charge in [0.15, 0.2) is 0 Å². The van der Waals surface area contributed by atoms with Gasteiger partial charge in [-0.1, -0.05) is 150 Å². The summed E-state index contributed by atoms with van der Waals surface area (Å²) in [7, 11) is 0. The number of rotatable bonds is 1. The standard InChI is InChI=1S/C67H61BN2O2/c1-63(2,3)36-21-24-38(25-22-36)70-51-34-55-41(42-31-47-48(33-54(42)72-55)66(9,10)28-27-65(47,7)8)30-45(51)59-60-57(40-18-13-15-19-46(40)67(60,11)12)58-44-29-37(64(4,5)6)23-26-50(44)69-52-35-56-43(39-17-14-16-20-53(39)71-56)32-49(52)68(70)61(59)62(58)69/h13-26,29-35H,27-28H2,1-12H3. The highest BCUT2D eigenvalue weighted by atomic mass is 16.3. The van der Waals surface area contributed by atoms with Crippen LogP contribution in [0.2, 0.25) is 0 Å². The Morgan fingerprint density at radius 3 is 1.85 bits per heavy atom. The fourth-order valence-electron chi connectivity index (χ4n) is 14.3. The van der Waals surface area contributed by atoms with Crippen molar-refractivity contribution < 1.29 is 8.83 Å². The molecule has 0 N–H and O–H groups in total. The molecular formula is C67H61BN2O2. The minimum Gasteiger partial charge on any atom is -0.456 e. The first kappa shape index (κ1) is 42.7. The summed E-state index contributed by atoms with van der Waals surface area (Å²) in [4.78, 5) is 2.68. The van der Waals surface area contributed by atoms with Gasteiger partial charge in [-0.05, 0) is 144 Å². The summed E-state index contributed by atoms with van der Waals surface area (Å²) in [6, 6.07) is 49.3. The zero-order chi connectivity index (χ0) is 49.5. The van der Waals surface area contributed by atoms with Crippen molar-refractivity contribution in [3.63, 3.8) is 0 Å². The first-order valence-corrected chi connectivity index (χ1v) is 26.4. The van der Waals surface area contributed by atoms with Gasteiger partial charge < -0.3 is 18.2 Å². The molecule has 2 aliphatic heterocycles. The van der Waals surface area contributed by atoms with Gasteiger partial charge in [0, 0.05) is 72.5 Å². The van der Waals surface area contributed by atoms with Crippen LogP contribution in [0.4, 0.5) is 11.4 Å². The molecule has 2 aliphatic carbocycles. The lowest BCUT2D eigenvalue weighted by atomic mass is 9.43. The van der Waals surface area contributed by atoms with E-state index in [1.807, 2.05) is 0 Å². The van der Waals surface area contributed by atoms with Gasteiger partial charge in [-0.25, -0.2) is 0 Å². The Bertz CT molecular complexity index is 4270.